The van der Waals surface area contributed by atoms with E-state index >= 15 is 0 Å². The van der Waals surface area contributed by atoms with Gasteiger partial charge >= 0.3 is 11.9 Å². The van der Waals surface area contributed by atoms with Crippen LogP contribution < -0.4 is 16.6 Å². The first-order valence-electron chi connectivity index (χ1n) is 4.57. The van der Waals surface area contributed by atoms with E-state index in [-0.39, 0.29) is 0 Å². The highest BCUT2D eigenvalue weighted by Gasteiger charge is 2.38. The minimum absolute atomic E-state index is 0.502. The molecule has 100 valence electrons. The van der Waals surface area contributed by atoms with Crippen LogP contribution in [-0.4, -0.2) is 39.8 Å². The van der Waals surface area contributed by atoms with Crippen LogP contribution >= 0.6 is 0 Å². The number of amides is 1. The van der Waals surface area contributed by atoms with Crippen molar-refractivity contribution in [2.24, 2.45) is 0 Å². The summed E-state index contributed by atoms with van der Waals surface area (Å²) < 4.78 is 35.7. The number of aliphatic hydroxyl groups excluding tert-OH is 1. The van der Waals surface area contributed by atoms with Gasteiger partial charge in [0.05, 0.1) is 6.54 Å². The van der Waals surface area contributed by atoms with Gasteiger partial charge in [0.1, 0.15) is 5.69 Å². The van der Waals surface area contributed by atoms with Gasteiger partial charge in [0, 0.05) is 6.07 Å². The maximum atomic E-state index is 11.9. The van der Waals surface area contributed by atoms with Gasteiger partial charge < -0.3 is 15.4 Å². The molecule has 0 aliphatic rings. The number of aromatic nitrogens is 2. The van der Waals surface area contributed by atoms with Crippen LogP contribution in [0.15, 0.2) is 15.7 Å². The summed E-state index contributed by atoms with van der Waals surface area (Å²) in [6.07, 6.45) is -7.59. The minimum Gasteiger partial charge on any atom is -0.382 e. The molecule has 1 aromatic heterocycles. The van der Waals surface area contributed by atoms with E-state index in [0.29, 0.717) is 6.07 Å². The summed E-state index contributed by atoms with van der Waals surface area (Å²) in [5.74, 6) is -1.11. The Morgan fingerprint density at radius 1 is 1.39 bits per heavy atom. The molecule has 4 N–H and O–H groups in total. The van der Waals surface area contributed by atoms with Crippen molar-refractivity contribution in [3.05, 3.63) is 32.6 Å². The zero-order valence-electron chi connectivity index (χ0n) is 8.67. The Morgan fingerprint density at radius 3 is 2.50 bits per heavy atom. The molecule has 0 aliphatic carbocycles. The second-order valence-corrected chi connectivity index (χ2v) is 3.27. The summed E-state index contributed by atoms with van der Waals surface area (Å²) in [6, 6.07) is 0.705. The Labute approximate surface area is 96.7 Å². The molecule has 18 heavy (non-hydrogen) atoms. The van der Waals surface area contributed by atoms with Gasteiger partial charge in [0.15, 0.2) is 6.10 Å². The first-order chi connectivity index (χ1) is 8.20. The quantitative estimate of drug-likeness (QED) is 0.545. The van der Waals surface area contributed by atoms with Crippen molar-refractivity contribution < 1.29 is 23.1 Å². The van der Waals surface area contributed by atoms with Crippen molar-refractivity contribution in [3.8, 4) is 0 Å². The summed E-state index contributed by atoms with van der Waals surface area (Å²) in [4.78, 5) is 36.6. The fourth-order valence-corrected chi connectivity index (χ4v) is 0.991. The molecule has 1 heterocycles. The number of H-pyrrole nitrogens is 2. The lowest BCUT2D eigenvalue weighted by atomic mass is 10.3. The summed E-state index contributed by atoms with van der Waals surface area (Å²) in [5, 5.41) is 10.3. The van der Waals surface area contributed by atoms with Crippen LogP contribution in [0.5, 0.6) is 0 Å². The molecule has 0 bridgehead atoms. The standard InChI is InChI=1S/C8H8F3N3O4/c9-8(10,11)4(15)2-12-6(17)3-1-5(16)14-7(18)13-3/h1,4,15H,2H2,(H,12,17)(H2,13,14,16,18). The lowest BCUT2D eigenvalue weighted by Crippen LogP contribution is -2.41. The van der Waals surface area contributed by atoms with E-state index in [0.717, 1.165) is 0 Å². The van der Waals surface area contributed by atoms with Crippen LogP contribution in [0.4, 0.5) is 13.2 Å². The molecule has 1 aromatic rings. The highest BCUT2D eigenvalue weighted by atomic mass is 19.4. The fourth-order valence-electron chi connectivity index (χ4n) is 0.991. The number of rotatable bonds is 3. The molecule has 10 heteroatoms. The Bertz CT molecular complexity index is 519. The molecule has 1 atom stereocenters. The zero-order chi connectivity index (χ0) is 13.9. The number of carbonyl (C=O) groups is 1. The molecule has 1 rings (SSSR count). The molecule has 1 amide bonds. The van der Waals surface area contributed by atoms with Gasteiger partial charge in [0.2, 0.25) is 0 Å². The molecular weight excluding hydrogens is 259 g/mol. The first-order valence-corrected chi connectivity index (χ1v) is 4.57. The highest BCUT2D eigenvalue weighted by molar-refractivity contribution is 5.92. The van der Waals surface area contributed by atoms with Gasteiger partial charge in [-0.05, 0) is 0 Å². The molecule has 0 radical (unpaired) electrons. The van der Waals surface area contributed by atoms with Gasteiger partial charge in [-0.1, -0.05) is 0 Å². The average Bonchev–Trinajstić information content (AvgIpc) is 2.22. The summed E-state index contributed by atoms with van der Waals surface area (Å²) in [6.45, 7) is -1.09. The lowest BCUT2D eigenvalue weighted by molar-refractivity contribution is -0.201. The van der Waals surface area contributed by atoms with Crippen LogP contribution in [-0.2, 0) is 0 Å². The van der Waals surface area contributed by atoms with E-state index in [2.05, 4.69) is 0 Å². The number of carbonyl (C=O) groups excluding carboxylic acids is 1. The van der Waals surface area contributed by atoms with Gasteiger partial charge in [0.25, 0.3) is 11.5 Å². The topological polar surface area (TPSA) is 115 Å². The van der Waals surface area contributed by atoms with Crippen LogP contribution in [0.1, 0.15) is 10.5 Å². The normalized spacial score (nSPS) is 13.1. The molecule has 0 aliphatic heterocycles. The predicted octanol–water partition coefficient (Wildman–Crippen LogP) is -1.28. The van der Waals surface area contributed by atoms with Crippen molar-refractivity contribution in [1.82, 2.24) is 15.3 Å². The molecule has 0 fully saturated rings. The molecule has 0 saturated heterocycles. The Kier molecular flexibility index (Phi) is 3.91. The second kappa shape index (κ2) is 5.04. The van der Waals surface area contributed by atoms with Gasteiger partial charge in [-0.2, -0.15) is 13.2 Å². The third-order valence-corrected chi connectivity index (χ3v) is 1.84. The first kappa shape index (κ1) is 14.0. The van der Waals surface area contributed by atoms with E-state index in [1.54, 1.807) is 10.3 Å². The van der Waals surface area contributed by atoms with E-state index in [1.165, 1.54) is 0 Å². The number of aromatic amines is 2. The Morgan fingerprint density at radius 2 is 2.00 bits per heavy atom. The maximum Gasteiger partial charge on any atom is 0.416 e. The van der Waals surface area contributed by atoms with Gasteiger partial charge in [-0.25, -0.2) is 4.79 Å². The maximum absolute atomic E-state index is 11.9. The van der Waals surface area contributed by atoms with E-state index in [9.17, 15) is 27.6 Å². The van der Waals surface area contributed by atoms with Crippen molar-refractivity contribution in [2.75, 3.05) is 6.54 Å². The van der Waals surface area contributed by atoms with E-state index in [4.69, 9.17) is 5.11 Å². The van der Waals surface area contributed by atoms with Crippen LogP contribution in [0.2, 0.25) is 0 Å². The number of alkyl halides is 3. The zero-order valence-corrected chi connectivity index (χ0v) is 8.67. The van der Waals surface area contributed by atoms with E-state index < -0.39 is 41.7 Å². The predicted molar refractivity (Wildman–Crippen MR) is 52.1 cm³/mol. The summed E-state index contributed by atoms with van der Waals surface area (Å²) in [5.41, 5.74) is -2.34. The van der Waals surface area contributed by atoms with E-state index in [1.807, 2.05) is 4.98 Å². The van der Waals surface area contributed by atoms with Crippen LogP contribution in [0, 0.1) is 0 Å². The number of hydrogen-bond donors (Lipinski definition) is 4. The molecule has 1 unspecified atom stereocenters. The molecule has 7 nitrogen and oxygen atoms in total. The van der Waals surface area contributed by atoms with Crippen molar-refractivity contribution in [2.45, 2.75) is 12.3 Å². The summed E-state index contributed by atoms with van der Waals surface area (Å²) in [7, 11) is 0. The Hall–Kier alpha value is -2.10. The monoisotopic (exact) mass is 267 g/mol. The highest BCUT2D eigenvalue weighted by Crippen LogP contribution is 2.19. The van der Waals surface area contributed by atoms with Crippen molar-refractivity contribution >= 4 is 5.91 Å². The summed E-state index contributed by atoms with van der Waals surface area (Å²) >= 11 is 0. The van der Waals surface area contributed by atoms with Crippen LogP contribution in [0.25, 0.3) is 0 Å². The molecule has 0 spiro atoms. The Balaban J connectivity index is 2.72. The van der Waals surface area contributed by atoms with Gasteiger partial charge in [-0.15, -0.1) is 0 Å². The molecular formula is C8H8F3N3O4. The lowest BCUT2D eigenvalue weighted by Gasteiger charge is -2.14. The second-order valence-electron chi connectivity index (χ2n) is 3.27. The van der Waals surface area contributed by atoms with Gasteiger partial charge in [-0.3, -0.25) is 14.6 Å². The number of aliphatic hydroxyl groups is 1. The largest absolute Gasteiger partial charge is 0.416 e. The fraction of sp³-hybridized carbons (Fsp3) is 0.375. The minimum atomic E-state index is -4.87. The smallest absolute Gasteiger partial charge is 0.382 e. The number of halogens is 3. The third kappa shape index (κ3) is 3.73. The average molecular weight is 267 g/mol. The van der Waals surface area contributed by atoms with Crippen LogP contribution in [0.3, 0.4) is 0 Å². The van der Waals surface area contributed by atoms with Crippen molar-refractivity contribution in [1.29, 1.82) is 0 Å². The third-order valence-electron chi connectivity index (χ3n) is 1.84. The molecule has 0 saturated carbocycles. The number of hydrogen-bond acceptors (Lipinski definition) is 4. The SMILES string of the molecule is O=C(NCC(O)C(F)(F)F)c1cc(=O)[nH]c(=O)[nH]1. The van der Waals surface area contributed by atoms with Crippen molar-refractivity contribution in [3.63, 3.8) is 0 Å². The number of nitrogens with one attached hydrogen (secondary N) is 3. The molecule has 0 aromatic carbocycles.